The molecule has 176 valence electrons. The van der Waals surface area contributed by atoms with Gasteiger partial charge in [0.05, 0.1) is 30.2 Å². The number of halogens is 3. The van der Waals surface area contributed by atoms with Gasteiger partial charge in [0.25, 0.3) is 5.56 Å². The van der Waals surface area contributed by atoms with Crippen molar-refractivity contribution in [3.8, 4) is 5.69 Å². The van der Waals surface area contributed by atoms with Gasteiger partial charge in [0.1, 0.15) is 0 Å². The van der Waals surface area contributed by atoms with Crippen molar-refractivity contribution in [2.75, 3.05) is 6.61 Å². The molecular formula is C24H21F3N4O3. The van der Waals surface area contributed by atoms with Crippen molar-refractivity contribution in [1.29, 1.82) is 0 Å². The molecule has 0 amide bonds. The third kappa shape index (κ3) is 4.05. The van der Waals surface area contributed by atoms with E-state index < -0.39 is 23.0 Å². The number of rotatable bonds is 5. The molecule has 1 saturated heterocycles. The Labute approximate surface area is 191 Å². The van der Waals surface area contributed by atoms with Crippen LogP contribution in [0.25, 0.3) is 16.9 Å². The summed E-state index contributed by atoms with van der Waals surface area (Å²) in [7, 11) is 0. The SMILES string of the molecule is O=c1c2c(ncn2Cc2cccc(C(F)(F)F)c2)n(-c2ccccc2)c(=O)n1CC1CCCO1. The summed E-state index contributed by atoms with van der Waals surface area (Å²) < 4.78 is 49.1. The zero-order chi connectivity index (χ0) is 23.9. The van der Waals surface area contributed by atoms with Crippen molar-refractivity contribution in [1.82, 2.24) is 18.7 Å². The highest BCUT2D eigenvalue weighted by Gasteiger charge is 2.30. The van der Waals surface area contributed by atoms with E-state index in [0.29, 0.717) is 17.9 Å². The summed E-state index contributed by atoms with van der Waals surface area (Å²) >= 11 is 0. The van der Waals surface area contributed by atoms with Crippen LogP contribution in [0.5, 0.6) is 0 Å². The summed E-state index contributed by atoms with van der Waals surface area (Å²) in [5.74, 6) is 0. The van der Waals surface area contributed by atoms with Gasteiger partial charge in [-0.25, -0.2) is 14.3 Å². The second-order valence-corrected chi connectivity index (χ2v) is 8.25. The smallest absolute Gasteiger partial charge is 0.376 e. The lowest BCUT2D eigenvalue weighted by molar-refractivity contribution is -0.137. The Morgan fingerprint density at radius 2 is 1.85 bits per heavy atom. The van der Waals surface area contributed by atoms with Crippen LogP contribution < -0.4 is 11.2 Å². The molecule has 10 heteroatoms. The summed E-state index contributed by atoms with van der Waals surface area (Å²) in [6, 6.07) is 13.7. The standard InChI is InChI=1S/C24H21F3N4O3/c25-24(26,27)17-7-4-6-16(12-17)13-29-15-28-21-20(29)22(32)30(14-19-10-5-11-34-19)23(33)31(21)18-8-2-1-3-9-18/h1-4,6-9,12,15,19H,5,10-11,13-14H2. The van der Waals surface area contributed by atoms with Crippen LogP contribution in [0.1, 0.15) is 24.0 Å². The predicted molar refractivity (Wildman–Crippen MR) is 119 cm³/mol. The van der Waals surface area contributed by atoms with Gasteiger partial charge in [-0.1, -0.05) is 30.3 Å². The molecule has 1 unspecified atom stereocenters. The van der Waals surface area contributed by atoms with E-state index in [-0.39, 0.29) is 30.4 Å². The number of imidazole rings is 1. The number of aromatic nitrogens is 4. The average molecular weight is 470 g/mol. The Balaban J connectivity index is 1.68. The molecule has 0 saturated carbocycles. The van der Waals surface area contributed by atoms with E-state index in [1.807, 2.05) is 0 Å². The van der Waals surface area contributed by atoms with Crippen molar-refractivity contribution >= 4 is 11.2 Å². The zero-order valence-corrected chi connectivity index (χ0v) is 18.0. The molecule has 1 atom stereocenters. The summed E-state index contributed by atoms with van der Waals surface area (Å²) in [5, 5.41) is 0. The lowest BCUT2D eigenvalue weighted by Crippen LogP contribution is -2.42. The maximum absolute atomic E-state index is 13.5. The van der Waals surface area contributed by atoms with Gasteiger partial charge in [0.2, 0.25) is 0 Å². The van der Waals surface area contributed by atoms with Crippen molar-refractivity contribution in [2.24, 2.45) is 0 Å². The quantitative estimate of drug-likeness (QED) is 0.447. The number of hydrogen-bond acceptors (Lipinski definition) is 4. The summed E-state index contributed by atoms with van der Waals surface area (Å²) in [6.45, 7) is 0.653. The maximum Gasteiger partial charge on any atom is 0.416 e. The van der Waals surface area contributed by atoms with E-state index in [2.05, 4.69) is 4.98 Å². The summed E-state index contributed by atoms with van der Waals surface area (Å²) in [4.78, 5) is 31.2. The van der Waals surface area contributed by atoms with Gasteiger partial charge in [-0.05, 0) is 42.7 Å². The summed E-state index contributed by atoms with van der Waals surface area (Å²) in [5.41, 5.74) is -0.683. The van der Waals surface area contributed by atoms with E-state index in [1.54, 1.807) is 36.4 Å². The first-order valence-corrected chi connectivity index (χ1v) is 10.9. The van der Waals surface area contributed by atoms with Crippen LogP contribution in [-0.4, -0.2) is 31.4 Å². The minimum Gasteiger partial charge on any atom is -0.376 e. The molecule has 0 N–H and O–H groups in total. The Morgan fingerprint density at radius 1 is 1.06 bits per heavy atom. The van der Waals surface area contributed by atoms with Gasteiger partial charge in [0.15, 0.2) is 11.2 Å². The van der Waals surface area contributed by atoms with Crippen LogP contribution in [-0.2, 0) is 24.0 Å². The van der Waals surface area contributed by atoms with Gasteiger partial charge in [-0.2, -0.15) is 13.2 Å². The van der Waals surface area contributed by atoms with Crippen LogP contribution >= 0.6 is 0 Å². The molecule has 3 heterocycles. The number of para-hydroxylation sites is 1. The molecule has 1 aliphatic rings. The highest BCUT2D eigenvalue weighted by atomic mass is 19.4. The number of ether oxygens (including phenoxy) is 1. The third-order valence-corrected chi connectivity index (χ3v) is 5.93. The van der Waals surface area contributed by atoms with Crippen LogP contribution in [0, 0.1) is 0 Å². The Morgan fingerprint density at radius 3 is 2.56 bits per heavy atom. The Kier molecular flexibility index (Phi) is 5.60. The lowest BCUT2D eigenvalue weighted by Gasteiger charge is -2.15. The molecular weight excluding hydrogens is 449 g/mol. The number of nitrogens with zero attached hydrogens (tertiary/aromatic N) is 4. The molecule has 1 fully saturated rings. The first-order chi connectivity index (χ1) is 16.3. The third-order valence-electron chi connectivity index (χ3n) is 5.93. The molecule has 34 heavy (non-hydrogen) atoms. The first kappa shape index (κ1) is 22.1. The Hall–Kier alpha value is -3.66. The molecule has 0 aliphatic carbocycles. The summed E-state index contributed by atoms with van der Waals surface area (Å²) in [6.07, 6.45) is -1.77. The predicted octanol–water partition coefficient (Wildman–Crippen LogP) is 3.60. The van der Waals surface area contributed by atoms with Crippen molar-refractivity contribution in [3.63, 3.8) is 0 Å². The van der Waals surface area contributed by atoms with Gasteiger partial charge in [-0.3, -0.25) is 9.36 Å². The number of alkyl halides is 3. The number of benzene rings is 2. The fraction of sp³-hybridized carbons (Fsp3) is 0.292. The molecule has 4 aromatic rings. The van der Waals surface area contributed by atoms with Gasteiger partial charge >= 0.3 is 11.9 Å². The van der Waals surface area contributed by atoms with Crippen LogP contribution in [0.2, 0.25) is 0 Å². The van der Waals surface area contributed by atoms with Crippen LogP contribution in [0.4, 0.5) is 13.2 Å². The highest BCUT2D eigenvalue weighted by Crippen LogP contribution is 2.29. The monoisotopic (exact) mass is 470 g/mol. The van der Waals surface area contributed by atoms with Gasteiger partial charge in [0, 0.05) is 13.2 Å². The van der Waals surface area contributed by atoms with E-state index in [1.165, 1.54) is 21.5 Å². The molecule has 1 aliphatic heterocycles. The first-order valence-electron chi connectivity index (χ1n) is 10.9. The fourth-order valence-electron chi connectivity index (χ4n) is 4.31. The second-order valence-electron chi connectivity index (χ2n) is 8.25. The lowest BCUT2D eigenvalue weighted by atomic mass is 10.1. The van der Waals surface area contributed by atoms with E-state index in [9.17, 15) is 22.8 Å². The van der Waals surface area contributed by atoms with E-state index in [4.69, 9.17) is 4.74 Å². The highest BCUT2D eigenvalue weighted by molar-refractivity contribution is 5.72. The molecule has 7 nitrogen and oxygen atoms in total. The number of hydrogen-bond donors (Lipinski definition) is 0. The fourth-order valence-corrected chi connectivity index (χ4v) is 4.31. The molecule has 0 bridgehead atoms. The molecule has 0 spiro atoms. The Bertz CT molecular complexity index is 1450. The van der Waals surface area contributed by atoms with Crippen LogP contribution in [0.3, 0.4) is 0 Å². The number of fused-ring (bicyclic) bond motifs is 1. The van der Waals surface area contributed by atoms with E-state index in [0.717, 1.165) is 29.5 Å². The normalized spacial score (nSPS) is 16.4. The molecule has 2 aromatic heterocycles. The largest absolute Gasteiger partial charge is 0.416 e. The van der Waals surface area contributed by atoms with Crippen molar-refractivity contribution in [2.45, 2.75) is 38.2 Å². The van der Waals surface area contributed by atoms with Crippen LogP contribution in [0.15, 0.2) is 70.5 Å². The second kappa shape index (κ2) is 8.60. The molecule has 2 aromatic carbocycles. The zero-order valence-electron chi connectivity index (χ0n) is 18.0. The minimum atomic E-state index is -4.48. The van der Waals surface area contributed by atoms with Gasteiger partial charge < -0.3 is 9.30 Å². The maximum atomic E-state index is 13.5. The van der Waals surface area contributed by atoms with E-state index >= 15 is 0 Å². The minimum absolute atomic E-state index is 0.0113. The molecule has 5 rings (SSSR count). The van der Waals surface area contributed by atoms with Crippen molar-refractivity contribution < 1.29 is 17.9 Å². The van der Waals surface area contributed by atoms with Crippen molar-refractivity contribution in [3.05, 3.63) is 92.9 Å². The topological polar surface area (TPSA) is 71.0 Å². The van der Waals surface area contributed by atoms with Gasteiger partial charge in [-0.15, -0.1) is 0 Å². The average Bonchev–Trinajstić information content (AvgIpc) is 3.47. The molecule has 0 radical (unpaired) electrons.